The maximum absolute atomic E-state index is 11.4. The quantitative estimate of drug-likeness (QED) is 0.822. The molecule has 2 N–H and O–H groups in total. The minimum Gasteiger partial charge on any atom is -0.445 e. The first-order valence-electron chi connectivity index (χ1n) is 5.71. The minimum absolute atomic E-state index is 0.0132. The first kappa shape index (κ1) is 13.5. The molecular formula is C13H19NO3. The van der Waals surface area contributed by atoms with E-state index >= 15 is 0 Å². The van der Waals surface area contributed by atoms with Crippen molar-refractivity contribution in [3.63, 3.8) is 0 Å². The first-order valence-corrected chi connectivity index (χ1v) is 5.71. The zero-order valence-corrected chi connectivity index (χ0v) is 10.2. The summed E-state index contributed by atoms with van der Waals surface area (Å²) in [7, 11) is 0. The average molecular weight is 237 g/mol. The van der Waals surface area contributed by atoms with Gasteiger partial charge in [0, 0.05) is 12.6 Å². The molecule has 0 aromatic heterocycles. The molecule has 94 valence electrons. The SMILES string of the molecule is CC(CO)C(C)NC(=O)OCc1ccccc1. The van der Waals surface area contributed by atoms with Crippen LogP contribution in [0.1, 0.15) is 19.4 Å². The topological polar surface area (TPSA) is 58.6 Å². The van der Waals surface area contributed by atoms with Crippen LogP contribution in [-0.4, -0.2) is 23.8 Å². The Labute approximate surface area is 102 Å². The summed E-state index contributed by atoms with van der Waals surface area (Å²) < 4.78 is 5.06. The van der Waals surface area contributed by atoms with Crippen molar-refractivity contribution in [2.45, 2.75) is 26.5 Å². The molecule has 1 aromatic carbocycles. The molecule has 0 fully saturated rings. The Balaban J connectivity index is 2.31. The third kappa shape index (κ3) is 4.87. The summed E-state index contributed by atoms with van der Waals surface area (Å²) >= 11 is 0. The van der Waals surface area contributed by atoms with Gasteiger partial charge in [-0.2, -0.15) is 0 Å². The number of carbonyl (C=O) groups excluding carboxylic acids is 1. The van der Waals surface area contributed by atoms with Gasteiger partial charge >= 0.3 is 6.09 Å². The van der Waals surface area contributed by atoms with E-state index < -0.39 is 6.09 Å². The third-order valence-corrected chi connectivity index (χ3v) is 2.70. The fourth-order valence-corrected chi connectivity index (χ4v) is 1.25. The Hall–Kier alpha value is -1.55. The van der Waals surface area contributed by atoms with Gasteiger partial charge in [0.05, 0.1) is 0 Å². The van der Waals surface area contributed by atoms with E-state index in [0.29, 0.717) is 0 Å². The molecule has 0 aliphatic carbocycles. The number of amides is 1. The highest BCUT2D eigenvalue weighted by atomic mass is 16.5. The number of hydrogen-bond donors (Lipinski definition) is 2. The number of benzene rings is 1. The van der Waals surface area contributed by atoms with Crippen LogP contribution in [0.4, 0.5) is 4.79 Å². The molecule has 4 heteroatoms. The zero-order valence-electron chi connectivity index (χ0n) is 10.2. The van der Waals surface area contributed by atoms with E-state index in [2.05, 4.69) is 5.32 Å². The van der Waals surface area contributed by atoms with Gasteiger partial charge in [-0.25, -0.2) is 4.79 Å². The minimum atomic E-state index is -0.457. The number of ether oxygens (including phenoxy) is 1. The summed E-state index contributed by atoms with van der Waals surface area (Å²) in [6.45, 7) is 4.00. The van der Waals surface area contributed by atoms with Gasteiger partial charge < -0.3 is 15.2 Å². The van der Waals surface area contributed by atoms with E-state index in [0.717, 1.165) is 5.56 Å². The van der Waals surface area contributed by atoms with Crippen LogP contribution in [-0.2, 0) is 11.3 Å². The lowest BCUT2D eigenvalue weighted by atomic mass is 10.1. The fourth-order valence-electron chi connectivity index (χ4n) is 1.25. The Kier molecular flexibility index (Phi) is 5.49. The molecule has 1 aromatic rings. The lowest BCUT2D eigenvalue weighted by Gasteiger charge is -2.18. The third-order valence-electron chi connectivity index (χ3n) is 2.70. The number of alkyl carbamates (subject to hydrolysis) is 1. The highest BCUT2D eigenvalue weighted by Gasteiger charge is 2.14. The van der Waals surface area contributed by atoms with Crippen molar-refractivity contribution < 1.29 is 14.6 Å². The summed E-state index contributed by atoms with van der Waals surface area (Å²) in [6.07, 6.45) is -0.457. The predicted octanol–water partition coefficient (Wildman–Crippen LogP) is 1.93. The Morgan fingerprint density at radius 1 is 1.35 bits per heavy atom. The highest BCUT2D eigenvalue weighted by Crippen LogP contribution is 2.03. The van der Waals surface area contributed by atoms with Crippen molar-refractivity contribution in [2.75, 3.05) is 6.61 Å². The van der Waals surface area contributed by atoms with Crippen molar-refractivity contribution in [3.05, 3.63) is 35.9 Å². The molecule has 1 rings (SSSR count). The highest BCUT2D eigenvalue weighted by molar-refractivity contribution is 5.67. The largest absolute Gasteiger partial charge is 0.445 e. The molecule has 2 unspecified atom stereocenters. The number of aliphatic hydroxyl groups is 1. The second kappa shape index (κ2) is 6.91. The van der Waals surface area contributed by atoms with Crippen LogP contribution >= 0.6 is 0 Å². The number of rotatable bonds is 5. The molecule has 0 aliphatic rings. The number of nitrogens with one attached hydrogen (secondary N) is 1. The van der Waals surface area contributed by atoms with Crippen LogP contribution in [0, 0.1) is 5.92 Å². The Bertz CT molecular complexity index is 340. The van der Waals surface area contributed by atoms with Crippen LogP contribution in [0.15, 0.2) is 30.3 Å². The fraction of sp³-hybridized carbons (Fsp3) is 0.462. The van der Waals surface area contributed by atoms with Crippen LogP contribution in [0.25, 0.3) is 0 Å². The van der Waals surface area contributed by atoms with Gasteiger partial charge in [-0.1, -0.05) is 37.3 Å². The maximum Gasteiger partial charge on any atom is 0.407 e. The molecule has 4 nitrogen and oxygen atoms in total. The van der Waals surface area contributed by atoms with Gasteiger partial charge in [0.2, 0.25) is 0 Å². The van der Waals surface area contributed by atoms with Gasteiger partial charge in [-0.15, -0.1) is 0 Å². The van der Waals surface area contributed by atoms with Crippen molar-refractivity contribution in [1.29, 1.82) is 0 Å². The van der Waals surface area contributed by atoms with Gasteiger partial charge in [0.25, 0.3) is 0 Å². The van der Waals surface area contributed by atoms with Gasteiger partial charge in [0.1, 0.15) is 6.61 Å². The number of hydrogen-bond acceptors (Lipinski definition) is 3. The summed E-state index contributed by atoms with van der Waals surface area (Å²) in [6, 6.07) is 9.39. The van der Waals surface area contributed by atoms with E-state index in [1.807, 2.05) is 44.2 Å². The van der Waals surface area contributed by atoms with Crippen LogP contribution in [0.5, 0.6) is 0 Å². The molecule has 1 amide bonds. The molecule has 17 heavy (non-hydrogen) atoms. The molecule has 0 spiro atoms. The normalized spacial score (nSPS) is 13.8. The average Bonchev–Trinajstić information content (AvgIpc) is 2.36. The van der Waals surface area contributed by atoms with E-state index in [1.165, 1.54) is 0 Å². The lowest BCUT2D eigenvalue weighted by Crippen LogP contribution is -2.38. The van der Waals surface area contributed by atoms with Crippen LogP contribution < -0.4 is 5.32 Å². The first-order chi connectivity index (χ1) is 8.13. The summed E-state index contributed by atoms with van der Waals surface area (Å²) in [5.41, 5.74) is 0.950. The van der Waals surface area contributed by atoms with Crippen molar-refractivity contribution in [2.24, 2.45) is 5.92 Å². The summed E-state index contributed by atoms with van der Waals surface area (Å²) in [4.78, 5) is 11.4. The van der Waals surface area contributed by atoms with E-state index in [9.17, 15) is 4.79 Å². The monoisotopic (exact) mass is 237 g/mol. The second-order valence-corrected chi connectivity index (χ2v) is 4.15. The predicted molar refractivity (Wildman–Crippen MR) is 65.5 cm³/mol. The maximum atomic E-state index is 11.4. The molecule has 0 radical (unpaired) electrons. The molecule has 0 bridgehead atoms. The molecule has 0 saturated heterocycles. The van der Waals surface area contributed by atoms with Crippen LogP contribution in [0.3, 0.4) is 0 Å². The lowest BCUT2D eigenvalue weighted by molar-refractivity contribution is 0.128. The molecule has 0 heterocycles. The molecule has 2 atom stereocenters. The molecule has 0 saturated carbocycles. The number of aliphatic hydroxyl groups excluding tert-OH is 1. The molecular weight excluding hydrogens is 218 g/mol. The van der Waals surface area contributed by atoms with Gasteiger partial charge in [0.15, 0.2) is 0 Å². The Morgan fingerprint density at radius 2 is 2.00 bits per heavy atom. The summed E-state index contributed by atoms with van der Waals surface area (Å²) in [5, 5.41) is 11.6. The van der Waals surface area contributed by atoms with Crippen molar-refractivity contribution >= 4 is 6.09 Å². The smallest absolute Gasteiger partial charge is 0.407 e. The van der Waals surface area contributed by atoms with E-state index in [1.54, 1.807) is 0 Å². The number of carbonyl (C=O) groups is 1. The van der Waals surface area contributed by atoms with Crippen molar-refractivity contribution in [1.82, 2.24) is 5.32 Å². The van der Waals surface area contributed by atoms with E-state index in [4.69, 9.17) is 9.84 Å². The molecule has 0 aliphatic heterocycles. The van der Waals surface area contributed by atoms with E-state index in [-0.39, 0.29) is 25.2 Å². The van der Waals surface area contributed by atoms with Gasteiger partial charge in [-0.05, 0) is 18.4 Å². The summed E-state index contributed by atoms with van der Waals surface area (Å²) in [5.74, 6) is 0.0132. The standard InChI is InChI=1S/C13H19NO3/c1-10(8-15)11(2)14-13(16)17-9-12-6-4-3-5-7-12/h3-7,10-11,15H,8-9H2,1-2H3,(H,14,16). The Morgan fingerprint density at radius 3 is 2.59 bits per heavy atom. The second-order valence-electron chi connectivity index (χ2n) is 4.15. The van der Waals surface area contributed by atoms with Gasteiger partial charge in [-0.3, -0.25) is 0 Å². The zero-order chi connectivity index (χ0) is 12.7. The van der Waals surface area contributed by atoms with Crippen molar-refractivity contribution in [3.8, 4) is 0 Å². The van der Waals surface area contributed by atoms with Crippen LogP contribution in [0.2, 0.25) is 0 Å².